The van der Waals surface area contributed by atoms with E-state index in [0.29, 0.717) is 6.54 Å². The van der Waals surface area contributed by atoms with E-state index in [2.05, 4.69) is 36.3 Å². The highest BCUT2D eigenvalue weighted by atomic mass is 16.5. The Bertz CT molecular complexity index is 332. The second-order valence-electron chi connectivity index (χ2n) is 6.56. The van der Waals surface area contributed by atoms with E-state index in [4.69, 9.17) is 4.74 Å². The van der Waals surface area contributed by atoms with E-state index >= 15 is 0 Å². The van der Waals surface area contributed by atoms with Gasteiger partial charge in [-0.1, -0.05) is 6.92 Å². The summed E-state index contributed by atoms with van der Waals surface area (Å²) in [5.41, 5.74) is -0.353. The zero-order valence-electron chi connectivity index (χ0n) is 13.1. The van der Waals surface area contributed by atoms with E-state index in [1.54, 1.807) is 0 Å². The molecule has 5 nitrogen and oxygen atoms in total. The summed E-state index contributed by atoms with van der Waals surface area (Å²) in [5, 5.41) is 6.56. The highest BCUT2D eigenvalue weighted by molar-refractivity contribution is 5.86. The standard InChI is InChI=1S/C15H29N3O2/c1-4-15(6-5-7-17-15)13(19)16-12-14(2,3)18-8-10-20-11-9-18/h17H,4-12H2,1-3H3,(H,16,19). The maximum atomic E-state index is 12.5. The number of morpholine rings is 1. The summed E-state index contributed by atoms with van der Waals surface area (Å²) >= 11 is 0. The Labute approximate surface area is 122 Å². The Morgan fingerprint density at radius 3 is 2.65 bits per heavy atom. The Hall–Kier alpha value is -0.650. The van der Waals surface area contributed by atoms with Gasteiger partial charge in [-0.2, -0.15) is 0 Å². The molecule has 2 fully saturated rings. The number of nitrogens with zero attached hydrogens (tertiary/aromatic N) is 1. The quantitative estimate of drug-likeness (QED) is 0.782. The van der Waals surface area contributed by atoms with Crippen LogP contribution in [-0.2, 0) is 9.53 Å². The predicted molar refractivity (Wildman–Crippen MR) is 79.7 cm³/mol. The van der Waals surface area contributed by atoms with Gasteiger partial charge < -0.3 is 15.4 Å². The predicted octanol–water partition coefficient (Wildman–Crippen LogP) is 0.746. The lowest BCUT2D eigenvalue weighted by Gasteiger charge is -2.41. The molecule has 0 radical (unpaired) electrons. The molecular formula is C15H29N3O2. The van der Waals surface area contributed by atoms with Gasteiger partial charge in [0.15, 0.2) is 0 Å². The fourth-order valence-electron chi connectivity index (χ4n) is 3.21. The molecule has 0 aliphatic carbocycles. The minimum absolute atomic E-state index is 0.0209. The SMILES string of the molecule is CCC1(C(=O)NCC(C)(C)N2CCOCC2)CCCN1. The number of hydrogen-bond donors (Lipinski definition) is 2. The first-order valence-electron chi connectivity index (χ1n) is 7.86. The Kier molecular flexibility index (Phi) is 5.04. The summed E-state index contributed by atoms with van der Waals surface area (Å²) in [6, 6.07) is 0. The van der Waals surface area contributed by atoms with Gasteiger partial charge in [0, 0.05) is 25.2 Å². The number of carbonyl (C=O) groups excluding carboxylic acids is 1. The molecule has 2 heterocycles. The number of hydrogen-bond acceptors (Lipinski definition) is 4. The highest BCUT2D eigenvalue weighted by Crippen LogP contribution is 2.23. The number of amides is 1. The molecule has 116 valence electrons. The third-order valence-corrected chi connectivity index (χ3v) is 4.83. The molecule has 5 heteroatoms. The molecule has 20 heavy (non-hydrogen) atoms. The third-order valence-electron chi connectivity index (χ3n) is 4.83. The van der Waals surface area contributed by atoms with Crippen molar-refractivity contribution in [1.29, 1.82) is 0 Å². The average Bonchev–Trinajstić information content (AvgIpc) is 2.96. The van der Waals surface area contributed by atoms with Crippen molar-refractivity contribution in [2.75, 3.05) is 39.4 Å². The minimum Gasteiger partial charge on any atom is -0.379 e. The van der Waals surface area contributed by atoms with Crippen LogP contribution in [0, 0.1) is 0 Å². The summed E-state index contributed by atoms with van der Waals surface area (Å²) < 4.78 is 5.40. The fraction of sp³-hybridized carbons (Fsp3) is 0.933. The number of rotatable bonds is 5. The van der Waals surface area contributed by atoms with Crippen LogP contribution < -0.4 is 10.6 Å². The average molecular weight is 283 g/mol. The minimum atomic E-state index is -0.332. The van der Waals surface area contributed by atoms with Gasteiger partial charge in [-0.3, -0.25) is 9.69 Å². The van der Waals surface area contributed by atoms with Crippen molar-refractivity contribution >= 4 is 5.91 Å². The molecule has 2 aliphatic heterocycles. The largest absolute Gasteiger partial charge is 0.379 e. The van der Waals surface area contributed by atoms with Crippen LogP contribution in [0.1, 0.15) is 40.0 Å². The molecule has 2 aliphatic rings. The number of ether oxygens (including phenoxy) is 1. The smallest absolute Gasteiger partial charge is 0.240 e. The molecule has 1 atom stereocenters. The van der Waals surface area contributed by atoms with Crippen molar-refractivity contribution < 1.29 is 9.53 Å². The number of nitrogens with one attached hydrogen (secondary N) is 2. The van der Waals surface area contributed by atoms with Gasteiger partial charge in [-0.25, -0.2) is 0 Å². The Morgan fingerprint density at radius 1 is 1.40 bits per heavy atom. The fourth-order valence-corrected chi connectivity index (χ4v) is 3.21. The van der Waals surface area contributed by atoms with E-state index in [0.717, 1.165) is 52.1 Å². The van der Waals surface area contributed by atoms with Crippen molar-refractivity contribution in [2.24, 2.45) is 0 Å². The van der Waals surface area contributed by atoms with Gasteiger partial charge in [0.05, 0.1) is 18.8 Å². The van der Waals surface area contributed by atoms with Gasteiger partial charge in [0.1, 0.15) is 0 Å². The molecule has 1 amide bonds. The zero-order chi connectivity index (χ0) is 14.6. The molecule has 0 bridgehead atoms. The first-order valence-corrected chi connectivity index (χ1v) is 7.86. The number of carbonyl (C=O) groups is 1. The van der Waals surface area contributed by atoms with Crippen LogP contribution in [0.3, 0.4) is 0 Å². The first kappa shape index (κ1) is 15.7. The van der Waals surface area contributed by atoms with E-state index < -0.39 is 0 Å². The van der Waals surface area contributed by atoms with Gasteiger partial charge in [0.25, 0.3) is 0 Å². The van der Waals surface area contributed by atoms with Crippen LogP contribution in [0.5, 0.6) is 0 Å². The van der Waals surface area contributed by atoms with E-state index in [9.17, 15) is 4.79 Å². The van der Waals surface area contributed by atoms with Crippen LogP contribution >= 0.6 is 0 Å². The van der Waals surface area contributed by atoms with Crippen LogP contribution in [0.4, 0.5) is 0 Å². The van der Waals surface area contributed by atoms with E-state index in [1.165, 1.54) is 0 Å². The van der Waals surface area contributed by atoms with Crippen LogP contribution in [0.25, 0.3) is 0 Å². The van der Waals surface area contributed by atoms with Crippen LogP contribution in [0.15, 0.2) is 0 Å². The third kappa shape index (κ3) is 3.32. The van der Waals surface area contributed by atoms with Crippen molar-refractivity contribution in [1.82, 2.24) is 15.5 Å². The summed E-state index contributed by atoms with van der Waals surface area (Å²) in [4.78, 5) is 14.9. The Balaban J connectivity index is 1.88. The molecular weight excluding hydrogens is 254 g/mol. The molecule has 2 saturated heterocycles. The zero-order valence-corrected chi connectivity index (χ0v) is 13.1. The van der Waals surface area contributed by atoms with Crippen molar-refractivity contribution in [3.05, 3.63) is 0 Å². The topological polar surface area (TPSA) is 53.6 Å². The van der Waals surface area contributed by atoms with Crippen molar-refractivity contribution in [3.63, 3.8) is 0 Å². The van der Waals surface area contributed by atoms with Gasteiger partial charge in [-0.05, 0) is 39.7 Å². The van der Waals surface area contributed by atoms with E-state index in [-0.39, 0.29) is 17.0 Å². The second kappa shape index (κ2) is 6.41. The maximum Gasteiger partial charge on any atom is 0.240 e. The van der Waals surface area contributed by atoms with Gasteiger partial charge in [-0.15, -0.1) is 0 Å². The monoisotopic (exact) mass is 283 g/mol. The molecule has 0 spiro atoms. The normalized spacial score (nSPS) is 28.6. The molecule has 0 saturated carbocycles. The van der Waals surface area contributed by atoms with Gasteiger partial charge >= 0.3 is 0 Å². The molecule has 2 N–H and O–H groups in total. The van der Waals surface area contributed by atoms with Crippen molar-refractivity contribution in [2.45, 2.75) is 51.1 Å². The summed E-state index contributed by atoms with van der Waals surface area (Å²) in [5.74, 6) is 0.166. The first-order chi connectivity index (χ1) is 9.50. The molecule has 2 rings (SSSR count). The lowest BCUT2D eigenvalue weighted by atomic mass is 9.92. The molecule has 0 aromatic heterocycles. The maximum absolute atomic E-state index is 12.5. The summed E-state index contributed by atoms with van der Waals surface area (Å²) in [7, 11) is 0. The van der Waals surface area contributed by atoms with Gasteiger partial charge in [0.2, 0.25) is 5.91 Å². The molecule has 1 unspecified atom stereocenters. The Morgan fingerprint density at radius 2 is 2.10 bits per heavy atom. The summed E-state index contributed by atoms with van der Waals surface area (Å²) in [6.45, 7) is 11.6. The van der Waals surface area contributed by atoms with E-state index in [1.807, 2.05) is 0 Å². The van der Waals surface area contributed by atoms with Crippen molar-refractivity contribution in [3.8, 4) is 0 Å². The molecule has 0 aromatic carbocycles. The van der Waals surface area contributed by atoms with Crippen LogP contribution in [0.2, 0.25) is 0 Å². The molecule has 0 aromatic rings. The second-order valence-corrected chi connectivity index (χ2v) is 6.56. The lowest BCUT2D eigenvalue weighted by Crippen LogP contribution is -2.59. The summed E-state index contributed by atoms with van der Waals surface area (Å²) in [6.07, 6.45) is 2.90. The van der Waals surface area contributed by atoms with Crippen LogP contribution in [-0.4, -0.2) is 61.3 Å². The lowest BCUT2D eigenvalue weighted by molar-refractivity contribution is -0.128. The highest BCUT2D eigenvalue weighted by Gasteiger charge is 2.40.